The molecule has 3 N–H and O–H groups in total. The molecule has 0 radical (unpaired) electrons. The van der Waals surface area contributed by atoms with E-state index >= 15 is 0 Å². The summed E-state index contributed by atoms with van der Waals surface area (Å²) in [5, 5.41) is 24.4. The smallest absolute Gasteiger partial charge is 0.408 e. The third-order valence-corrected chi connectivity index (χ3v) is 3.57. The van der Waals surface area contributed by atoms with Crippen LogP contribution in [0.1, 0.15) is 46.2 Å². The van der Waals surface area contributed by atoms with E-state index in [0.717, 1.165) is 4.90 Å². The second-order valence-electron chi connectivity index (χ2n) is 7.66. The van der Waals surface area contributed by atoms with Gasteiger partial charge in [0, 0.05) is 11.6 Å². The molecule has 0 aromatic heterocycles. The Balaban J connectivity index is 3.14. The summed E-state index contributed by atoms with van der Waals surface area (Å²) in [7, 11) is 0. The first-order valence-corrected chi connectivity index (χ1v) is 9.17. The lowest BCUT2D eigenvalue weighted by Crippen LogP contribution is -2.49. The SMILES string of the molecule is CC(C)NC(=O)C(c1ccccc1O)N(CC#N)C(=O)CNC(=O)OC(C)(C)C. The van der Waals surface area contributed by atoms with Gasteiger partial charge in [-0.05, 0) is 40.7 Å². The topological polar surface area (TPSA) is 132 Å². The first-order valence-electron chi connectivity index (χ1n) is 9.17. The number of nitrogens with zero attached hydrogens (tertiary/aromatic N) is 2. The minimum atomic E-state index is -1.24. The molecule has 9 heteroatoms. The van der Waals surface area contributed by atoms with Crippen molar-refractivity contribution in [1.82, 2.24) is 15.5 Å². The highest BCUT2D eigenvalue weighted by Gasteiger charge is 2.33. The van der Waals surface area contributed by atoms with E-state index in [1.54, 1.807) is 46.8 Å². The molecule has 3 amide bonds. The second-order valence-corrected chi connectivity index (χ2v) is 7.66. The predicted octanol–water partition coefficient (Wildman–Crippen LogP) is 1.83. The van der Waals surface area contributed by atoms with E-state index < -0.39 is 42.6 Å². The van der Waals surface area contributed by atoms with E-state index in [0.29, 0.717) is 0 Å². The largest absolute Gasteiger partial charge is 0.508 e. The number of alkyl carbamates (subject to hydrolysis) is 1. The minimum Gasteiger partial charge on any atom is -0.508 e. The summed E-state index contributed by atoms with van der Waals surface area (Å²) in [4.78, 5) is 38.4. The quantitative estimate of drug-likeness (QED) is 0.594. The van der Waals surface area contributed by atoms with Gasteiger partial charge >= 0.3 is 6.09 Å². The van der Waals surface area contributed by atoms with Crippen LogP contribution in [0.2, 0.25) is 0 Å². The fraction of sp³-hybridized carbons (Fsp3) is 0.500. The maximum atomic E-state index is 12.8. The molecule has 29 heavy (non-hydrogen) atoms. The number of carbonyl (C=O) groups excluding carboxylic acids is 3. The van der Waals surface area contributed by atoms with Gasteiger partial charge in [0.25, 0.3) is 0 Å². The van der Waals surface area contributed by atoms with Crippen LogP contribution in [0.15, 0.2) is 24.3 Å². The molecule has 0 bridgehead atoms. The van der Waals surface area contributed by atoms with Gasteiger partial charge in [-0.15, -0.1) is 0 Å². The van der Waals surface area contributed by atoms with Crippen molar-refractivity contribution >= 4 is 17.9 Å². The number of phenols is 1. The van der Waals surface area contributed by atoms with Crippen molar-refractivity contribution in [2.75, 3.05) is 13.1 Å². The molecule has 1 aromatic carbocycles. The van der Waals surface area contributed by atoms with E-state index in [2.05, 4.69) is 10.6 Å². The zero-order valence-corrected chi connectivity index (χ0v) is 17.4. The lowest BCUT2D eigenvalue weighted by Gasteiger charge is -2.30. The van der Waals surface area contributed by atoms with Crippen molar-refractivity contribution < 1.29 is 24.2 Å². The monoisotopic (exact) mass is 404 g/mol. The van der Waals surface area contributed by atoms with Crippen LogP contribution in [0.4, 0.5) is 4.79 Å². The van der Waals surface area contributed by atoms with Crippen molar-refractivity contribution in [3.8, 4) is 11.8 Å². The summed E-state index contributed by atoms with van der Waals surface area (Å²) in [6.07, 6.45) is -0.798. The van der Waals surface area contributed by atoms with Crippen LogP contribution in [0.25, 0.3) is 0 Å². The number of nitrogens with one attached hydrogen (secondary N) is 2. The van der Waals surface area contributed by atoms with E-state index in [-0.39, 0.29) is 17.4 Å². The van der Waals surface area contributed by atoms with Crippen molar-refractivity contribution in [3.63, 3.8) is 0 Å². The van der Waals surface area contributed by atoms with Gasteiger partial charge < -0.3 is 25.4 Å². The summed E-state index contributed by atoms with van der Waals surface area (Å²) in [5.41, 5.74) is -0.568. The van der Waals surface area contributed by atoms with Crippen LogP contribution >= 0.6 is 0 Å². The molecule has 1 rings (SSSR count). The molecule has 0 fully saturated rings. The fourth-order valence-electron chi connectivity index (χ4n) is 2.50. The summed E-state index contributed by atoms with van der Waals surface area (Å²) < 4.78 is 5.09. The zero-order valence-electron chi connectivity index (χ0n) is 17.4. The van der Waals surface area contributed by atoms with Crippen molar-refractivity contribution in [2.24, 2.45) is 0 Å². The maximum Gasteiger partial charge on any atom is 0.408 e. The number of carbonyl (C=O) groups is 3. The molecule has 0 aliphatic rings. The zero-order chi connectivity index (χ0) is 22.2. The average Bonchev–Trinajstić information content (AvgIpc) is 2.58. The Morgan fingerprint density at radius 1 is 1.24 bits per heavy atom. The summed E-state index contributed by atoms with van der Waals surface area (Å²) in [6, 6.07) is 6.46. The number of hydrogen-bond acceptors (Lipinski definition) is 6. The molecule has 1 unspecified atom stereocenters. The second kappa shape index (κ2) is 10.3. The Labute approximate surface area is 170 Å². The number of nitriles is 1. The summed E-state index contributed by atoms with van der Waals surface area (Å²) in [6.45, 7) is 7.65. The van der Waals surface area contributed by atoms with E-state index in [1.165, 1.54) is 12.1 Å². The number of rotatable bonds is 7. The third kappa shape index (κ3) is 7.70. The van der Waals surface area contributed by atoms with Gasteiger partial charge in [0.1, 0.15) is 30.5 Å². The number of hydrogen-bond donors (Lipinski definition) is 3. The van der Waals surface area contributed by atoms with Gasteiger partial charge in [0.05, 0.1) is 6.07 Å². The average molecular weight is 404 g/mol. The van der Waals surface area contributed by atoms with Gasteiger partial charge in [-0.2, -0.15) is 5.26 Å². The number of amides is 3. The lowest BCUT2D eigenvalue weighted by atomic mass is 10.0. The molecule has 0 aliphatic carbocycles. The van der Waals surface area contributed by atoms with Gasteiger partial charge in [-0.1, -0.05) is 18.2 Å². The number of phenolic OH excluding ortho intramolecular Hbond substituents is 1. The van der Waals surface area contributed by atoms with Crippen molar-refractivity contribution in [2.45, 2.75) is 52.3 Å². The summed E-state index contributed by atoms with van der Waals surface area (Å²) >= 11 is 0. The molecule has 158 valence electrons. The molecule has 0 saturated heterocycles. The molecular weight excluding hydrogens is 376 g/mol. The van der Waals surface area contributed by atoms with Crippen LogP contribution in [0.5, 0.6) is 5.75 Å². The molecule has 1 aromatic rings. The Bertz CT molecular complexity index is 780. The Hall–Kier alpha value is -3.28. The highest BCUT2D eigenvalue weighted by atomic mass is 16.6. The van der Waals surface area contributed by atoms with Crippen molar-refractivity contribution in [3.05, 3.63) is 29.8 Å². The number of aromatic hydroxyl groups is 1. The standard InChI is InChI=1S/C20H28N4O5/c1-13(2)23-18(27)17(14-8-6-7-9-15(14)25)24(11-10-21)16(26)12-22-19(28)29-20(3,4)5/h6-9,13,17,25H,11-12H2,1-5H3,(H,22,28)(H,23,27). The maximum absolute atomic E-state index is 12.8. The molecule has 0 aliphatic heterocycles. The van der Waals surface area contributed by atoms with Crippen LogP contribution < -0.4 is 10.6 Å². The number of benzene rings is 1. The van der Waals surface area contributed by atoms with Gasteiger partial charge in [-0.25, -0.2) is 4.79 Å². The highest BCUT2D eigenvalue weighted by molar-refractivity contribution is 5.91. The van der Waals surface area contributed by atoms with Crippen LogP contribution in [0.3, 0.4) is 0 Å². The number of para-hydroxylation sites is 1. The van der Waals surface area contributed by atoms with E-state index in [9.17, 15) is 24.8 Å². The first-order chi connectivity index (χ1) is 13.5. The van der Waals surface area contributed by atoms with Gasteiger partial charge in [0.15, 0.2) is 0 Å². The predicted molar refractivity (Wildman–Crippen MR) is 106 cm³/mol. The van der Waals surface area contributed by atoms with E-state index in [4.69, 9.17) is 4.74 Å². The third-order valence-electron chi connectivity index (χ3n) is 3.57. The summed E-state index contributed by atoms with van der Waals surface area (Å²) in [5.74, 6) is -1.42. The van der Waals surface area contributed by atoms with Crippen molar-refractivity contribution in [1.29, 1.82) is 5.26 Å². The highest BCUT2D eigenvalue weighted by Crippen LogP contribution is 2.29. The molecule has 0 heterocycles. The van der Waals surface area contributed by atoms with Gasteiger partial charge in [0.2, 0.25) is 11.8 Å². The Morgan fingerprint density at radius 2 is 1.86 bits per heavy atom. The van der Waals surface area contributed by atoms with Crippen LogP contribution in [-0.4, -0.2) is 52.6 Å². The fourth-order valence-corrected chi connectivity index (χ4v) is 2.50. The number of ether oxygens (including phenoxy) is 1. The molecule has 1 atom stereocenters. The molecule has 9 nitrogen and oxygen atoms in total. The normalized spacial score (nSPS) is 11.9. The van der Waals surface area contributed by atoms with Crippen LogP contribution in [0, 0.1) is 11.3 Å². The first kappa shape index (κ1) is 23.8. The molecule has 0 spiro atoms. The van der Waals surface area contributed by atoms with E-state index in [1.807, 2.05) is 6.07 Å². The molecular formula is C20H28N4O5. The molecule has 0 saturated carbocycles. The van der Waals surface area contributed by atoms with Crippen LogP contribution in [-0.2, 0) is 14.3 Å². The Kier molecular flexibility index (Phi) is 8.45. The minimum absolute atomic E-state index is 0.173. The Morgan fingerprint density at radius 3 is 2.38 bits per heavy atom. The van der Waals surface area contributed by atoms with Gasteiger partial charge in [-0.3, -0.25) is 9.59 Å². The lowest BCUT2D eigenvalue weighted by molar-refractivity contribution is -0.139.